The van der Waals surface area contributed by atoms with Crippen LogP contribution in [0.5, 0.6) is 0 Å². The van der Waals surface area contributed by atoms with E-state index in [-0.39, 0.29) is 24.2 Å². The summed E-state index contributed by atoms with van der Waals surface area (Å²) in [5.74, 6) is -0.687. The summed E-state index contributed by atoms with van der Waals surface area (Å²) >= 11 is 0. The van der Waals surface area contributed by atoms with Crippen LogP contribution in [0.1, 0.15) is 6.92 Å². The highest BCUT2D eigenvalue weighted by Gasteiger charge is 2.14. The number of amides is 1. The molecule has 1 unspecified atom stereocenters. The molecule has 1 aromatic rings. The number of carbonyl (C=O) groups is 1. The zero-order valence-electron chi connectivity index (χ0n) is 11.4. The van der Waals surface area contributed by atoms with Crippen molar-refractivity contribution >= 4 is 17.3 Å². The van der Waals surface area contributed by atoms with Gasteiger partial charge in [-0.15, -0.1) is 0 Å². The van der Waals surface area contributed by atoms with Crippen LogP contribution >= 0.6 is 0 Å². The molecule has 0 aliphatic carbocycles. The van der Waals surface area contributed by atoms with E-state index in [0.29, 0.717) is 12.3 Å². The number of methoxy groups -OCH3 is 1. The van der Waals surface area contributed by atoms with E-state index in [4.69, 9.17) is 10.5 Å². The number of likely N-dealkylation sites (N-methyl/N-ethyl adjacent to an activating group) is 1. The maximum atomic E-state index is 13.1. The number of nitrogens with one attached hydrogen (secondary N) is 1. The summed E-state index contributed by atoms with van der Waals surface area (Å²) in [4.78, 5) is 13.7. The lowest BCUT2D eigenvalue weighted by atomic mass is 10.2. The zero-order chi connectivity index (χ0) is 14.4. The molecule has 0 radical (unpaired) electrons. The molecular formula is C13H20FN3O2. The van der Waals surface area contributed by atoms with E-state index in [2.05, 4.69) is 5.32 Å². The highest BCUT2D eigenvalue weighted by Crippen LogP contribution is 2.19. The van der Waals surface area contributed by atoms with E-state index in [0.717, 1.165) is 0 Å². The Morgan fingerprint density at radius 3 is 2.89 bits per heavy atom. The van der Waals surface area contributed by atoms with Crippen LogP contribution in [0.3, 0.4) is 0 Å². The Kier molecular flexibility index (Phi) is 5.72. The smallest absolute Gasteiger partial charge is 0.238 e. The minimum Gasteiger partial charge on any atom is -0.397 e. The summed E-state index contributed by atoms with van der Waals surface area (Å²) in [6.45, 7) is 2.67. The Morgan fingerprint density at radius 2 is 2.26 bits per heavy atom. The first-order chi connectivity index (χ1) is 8.93. The standard InChI is InChI=1S/C13H20FN3O2/c1-9(8-19-3)17(2)7-13(18)16-12-6-10(14)4-5-11(12)15/h4-6,9H,7-8,15H2,1-3H3,(H,16,18). The SMILES string of the molecule is COCC(C)N(C)CC(=O)Nc1cc(F)ccc1N. The van der Waals surface area contributed by atoms with Crippen molar-refractivity contribution in [1.82, 2.24) is 4.90 Å². The van der Waals surface area contributed by atoms with Crippen LogP contribution in [-0.4, -0.2) is 44.2 Å². The summed E-state index contributed by atoms with van der Waals surface area (Å²) in [5, 5.41) is 2.59. The lowest BCUT2D eigenvalue weighted by molar-refractivity contribution is -0.117. The first-order valence-corrected chi connectivity index (χ1v) is 5.98. The van der Waals surface area contributed by atoms with Crippen molar-refractivity contribution in [3.05, 3.63) is 24.0 Å². The van der Waals surface area contributed by atoms with Gasteiger partial charge in [-0.1, -0.05) is 0 Å². The average molecular weight is 269 g/mol. The molecule has 0 saturated heterocycles. The molecule has 1 atom stereocenters. The third kappa shape index (κ3) is 4.84. The van der Waals surface area contributed by atoms with Gasteiger partial charge in [-0.2, -0.15) is 0 Å². The second-order valence-corrected chi connectivity index (χ2v) is 4.50. The number of carbonyl (C=O) groups excluding carboxylic acids is 1. The predicted molar refractivity (Wildman–Crippen MR) is 73.4 cm³/mol. The number of halogens is 1. The van der Waals surface area contributed by atoms with Crippen molar-refractivity contribution in [3.63, 3.8) is 0 Å². The Labute approximate surface area is 112 Å². The predicted octanol–water partition coefficient (Wildman–Crippen LogP) is 1.31. The number of nitrogens with two attached hydrogens (primary N) is 1. The van der Waals surface area contributed by atoms with E-state index in [9.17, 15) is 9.18 Å². The van der Waals surface area contributed by atoms with Crippen molar-refractivity contribution in [2.75, 3.05) is 38.4 Å². The van der Waals surface area contributed by atoms with E-state index in [1.165, 1.54) is 18.2 Å². The van der Waals surface area contributed by atoms with Crippen molar-refractivity contribution in [2.24, 2.45) is 0 Å². The number of hydrogen-bond acceptors (Lipinski definition) is 4. The topological polar surface area (TPSA) is 67.6 Å². The first-order valence-electron chi connectivity index (χ1n) is 5.98. The van der Waals surface area contributed by atoms with Gasteiger partial charge in [-0.3, -0.25) is 9.69 Å². The summed E-state index contributed by atoms with van der Waals surface area (Å²) in [7, 11) is 3.43. The lowest BCUT2D eigenvalue weighted by Gasteiger charge is -2.23. The number of benzene rings is 1. The van der Waals surface area contributed by atoms with Gasteiger partial charge in [0.2, 0.25) is 5.91 Å². The molecule has 0 bridgehead atoms. The lowest BCUT2D eigenvalue weighted by Crippen LogP contribution is -2.38. The Balaban J connectivity index is 2.57. The third-order valence-corrected chi connectivity index (χ3v) is 2.84. The monoisotopic (exact) mass is 269 g/mol. The molecule has 19 heavy (non-hydrogen) atoms. The van der Waals surface area contributed by atoms with Gasteiger partial charge in [0, 0.05) is 13.2 Å². The van der Waals surface area contributed by atoms with Crippen LogP contribution in [0.15, 0.2) is 18.2 Å². The number of anilines is 2. The van der Waals surface area contributed by atoms with E-state index in [1.54, 1.807) is 7.11 Å². The quantitative estimate of drug-likeness (QED) is 0.764. The molecule has 0 saturated carbocycles. The van der Waals surface area contributed by atoms with Gasteiger partial charge in [0.1, 0.15) is 5.82 Å². The van der Waals surface area contributed by atoms with E-state index >= 15 is 0 Å². The van der Waals surface area contributed by atoms with Gasteiger partial charge in [0.15, 0.2) is 0 Å². The van der Waals surface area contributed by atoms with Gasteiger partial charge in [-0.05, 0) is 32.2 Å². The fourth-order valence-electron chi connectivity index (χ4n) is 1.58. The van der Waals surface area contributed by atoms with Crippen LogP contribution in [-0.2, 0) is 9.53 Å². The van der Waals surface area contributed by atoms with Gasteiger partial charge >= 0.3 is 0 Å². The Hall–Kier alpha value is -1.66. The van der Waals surface area contributed by atoms with E-state index < -0.39 is 5.82 Å². The van der Waals surface area contributed by atoms with Gasteiger partial charge in [0.25, 0.3) is 0 Å². The molecule has 0 aliphatic heterocycles. The van der Waals surface area contributed by atoms with Crippen molar-refractivity contribution < 1.29 is 13.9 Å². The molecule has 3 N–H and O–H groups in total. The molecule has 0 heterocycles. The second kappa shape index (κ2) is 7.06. The first kappa shape index (κ1) is 15.4. The average Bonchev–Trinajstić information content (AvgIpc) is 2.34. The van der Waals surface area contributed by atoms with Gasteiger partial charge in [-0.25, -0.2) is 4.39 Å². The fraction of sp³-hybridized carbons (Fsp3) is 0.462. The number of nitrogen functional groups attached to an aromatic ring is 1. The maximum Gasteiger partial charge on any atom is 0.238 e. The molecule has 6 heteroatoms. The molecule has 0 aromatic heterocycles. The third-order valence-electron chi connectivity index (χ3n) is 2.84. The summed E-state index contributed by atoms with van der Waals surface area (Å²) in [6, 6.07) is 3.98. The second-order valence-electron chi connectivity index (χ2n) is 4.50. The van der Waals surface area contributed by atoms with Gasteiger partial charge in [0.05, 0.1) is 24.5 Å². The highest BCUT2D eigenvalue weighted by atomic mass is 19.1. The molecule has 0 aliphatic rings. The fourth-order valence-corrected chi connectivity index (χ4v) is 1.58. The van der Waals surface area contributed by atoms with Crippen molar-refractivity contribution in [3.8, 4) is 0 Å². The number of hydrogen-bond donors (Lipinski definition) is 2. The number of rotatable bonds is 6. The highest BCUT2D eigenvalue weighted by molar-refractivity contribution is 5.95. The Bertz CT molecular complexity index is 440. The number of nitrogens with zero attached hydrogens (tertiary/aromatic N) is 1. The molecule has 5 nitrogen and oxygen atoms in total. The Morgan fingerprint density at radius 1 is 1.58 bits per heavy atom. The molecule has 0 spiro atoms. The summed E-state index contributed by atoms with van der Waals surface area (Å²) in [6.07, 6.45) is 0. The van der Waals surface area contributed by atoms with Crippen LogP contribution in [0, 0.1) is 5.82 Å². The summed E-state index contributed by atoms with van der Waals surface area (Å²) in [5.41, 5.74) is 6.29. The van der Waals surface area contributed by atoms with Crippen LogP contribution in [0.25, 0.3) is 0 Å². The van der Waals surface area contributed by atoms with Crippen LogP contribution in [0.2, 0.25) is 0 Å². The number of ether oxygens (including phenoxy) is 1. The van der Waals surface area contributed by atoms with Crippen LogP contribution < -0.4 is 11.1 Å². The van der Waals surface area contributed by atoms with E-state index in [1.807, 2.05) is 18.9 Å². The maximum absolute atomic E-state index is 13.1. The molecule has 1 rings (SSSR count). The van der Waals surface area contributed by atoms with Crippen molar-refractivity contribution in [2.45, 2.75) is 13.0 Å². The molecule has 106 valence electrons. The molecule has 1 amide bonds. The zero-order valence-corrected chi connectivity index (χ0v) is 11.4. The summed E-state index contributed by atoms with van der Waals surface area (Å²) < 4.78 is 18.1. The molecule has 0 fully saturated rings. The van der Waals surface area contributed by atoms with Crippen molar-refractivity contribution in [1.29, 1.82) is 0 Å². The molecule has 1 aromatic carbocycles. The largest absolute Gasteiger partial charge is 0.397 e. The van der Waals surface area contributed by atoms with Crippen LogP contribution in [0.4, 0.5) is 15.8 Å². The molecular weight excluding hydrogens is 249 g/mol. The minimum atomic E-state index is -0.439. The minimum absolute atomic E-state index is 0.112. The van der Waals surface area contributed by atoms with Gasteiger partial charge < -0.3 is 15.8 Å². The normalized spacial score (nSPS) is 12.5.